The molecule has 16 heteroatoms. The molecular weight excluding hydrogens is 615 g/mol. The van der Waals surface area contributed by atoms with Crippen LogP contribution in [0.1, 0.15) is 35.9 Å². The monoisotopic (exact) mass is 637 g/mol. The van der Waals surface area contributed by atoms with Gasteiger partial charge in [-0.1, -0.05) is 34.6 Å². The number of pyridine rings is 1. The number of hydrogen-bond acceptors (Lipinski definition) is 11. The number of benzene rings is 2. The van der Waals surface area contributed by atoms with Gasteiger partial charge < -0.3 is 19.7 Å². The Morgan fingerprint density at radius 3 is 2.40 bits per heavy atom. The molecule has 230 valence electrons. The Bertz CT molecular complexity index is 2040. The average molecular weight is 638 g/mol. The number of hydrogen-bond donors (Lipinski definition) is 1. The highest BCUT2D eigenvalue weighted by Gasteiger charge is 2.38. The number of anilines is 1. The number of sulfone groups is 1. The lowest BCUT2D eigenvalue weighted by Crippen LogP contribution is -2.45. The molecule has 5 aromatic rings. The van der Waals surface area contributed by atoms with Crippen LogP contribution in [0, 0.1) is 0 Å². The molecule has 2 N–H and O–H groups in total. The maximum Gasteiger partial charge on any atom is 0.434 e. The number of amides is 1. The molecule has 7 rings (SSSR count). The summed E-state index contributed by atoms with van der Waals surface area (Å²) in [6, 6.07) is 12.2. The summed E-state index contributed by atoms with van der Waals surface area (Å²) in [5.74, 6) is -0.469. The van der Waals surface area contributed by atoms with E-state index in [0.717, 1.165) is 25.1 Å². The fraction of sp³-hybridized carbons (Fsp3) is 0.241. The van der Waals surface area contributed by atoms with Crippen molar-refractivity contribution in [3.63, 3.8) is 0 Å². The minimum absolute atomic E-state index is 0.0190. The summed E-state index contributed by atoms with van der Waals surface area (Å²) in [6.07, 6.45) is -1.74. The predicted octanol–water partition coefficient (Wildman–Crippen LogP) is 4.39. The molecule has 4 heterocycles. The predicted molar refractivity (Wildman–Crippen MR) is 151 cm³/mol. The number of carbonyl (C=O) groups is 1. The van der Waals surface area contributed by atoms with Crippen LogP contribution in [0.25, 0.3) is 34.2 Å². The summed E-state index contributed by atoms with van der Waals surface area (Å²) in [6.45, 7) is -0.0412. The molecule has 0 spiro atoms. The van der Waals surface area contributed by atoms with E-state index in [-0.39, 0.29) is 28.5 Å². The standard InChI is InChI=1S/C29H22F3N7O5S/c30-29(31,32)23-19(2-1-11-34-23)27-36-25(38-44-27)18-9-10-22-21(12-18)39(28(40)20(33)14-45(22,41)42)13-15-3-5-16(6-4-15)24-35-26(43-37-24)17-7-8-17/h1-6,9-12,17,20H,7-8,13-14,33H2/t20-/m0/s1. The molecule has 2 aliphatic rings. The van der Waals surface area contributed by atoms with E-state index in [9.17, 15) is 26.4 Å². The van der Waals surface area contributed by atoms with E-state index >= 15 is 0 Å². The molecular formula is C29H22F3N7O5S. The smallest absolute Gasteiger partial charge is 0.339 e. The van der Waals surface area contributed by atoms with E-state index in [4.69, 9.17) is 14.8 Å². The first kappa shape index (κ1) is 28.8. The van der Waals surface area contributed by atoms with E-state index in [2.05, 4.69) is 25.3 Å². The largest absolute Gasteiger partial charge is 0.434 e. The number of fused-ring (bicyclic) bond motifs is 1. The number of nitrogens with two attached hydrogens (primary N) is 1. The lowest BCUT2D eigenvalue weighted by molar-refractivity contribution is -0.140. The van der Waals surface area contributed by atoms with Crippen molar-refractivity contribution in [1.82, 2.24) is 25.3 Å². The Labute approximate surface area is 253 Å². The van der Waals surface area contributed by atoms with Crippen molar-refractivity contribution < 1.29 is 35.4 Å². The zero-order chi connectivity index (χ0) is 31.5. The Kier molecular flexibility index (Phi) is 6.77. The van der Waals surface area contributed by atoms with Crippen molar-refractivity contribution >= 4 is 21.4 Å². The molecule has 0 unspecified atom stereocenters. The third-order valence-electron chi connectivity index (χ3n) is 7.48. The minimum atomic E-state index is -4.77. The highest BCUT2D eigenvalue weighted by Crippen LogP contribution is 2.40. The highest BCUT2D eigenvalue weighted by atomic mass is 32.2. The van der Waals surface area contributed by atoms with E-state index < -0.39 is 50.9 Å². The van der Waals surface area contributed by atoms with Gasteiger partial charge in [0, 0.05) is 23.2 Å². The topological polar surface area (TPSA) is 171 Å². The van der Waals surface area contributed by atoms with Crippen LogP contribution in [0.5, 0.6) is 0 Å². The second-order valence-corrected chi connectivity index (χ2v) is 12.7. The van der Waals surface area contributed by atoms with Crippen LogP contribution in [-0.4, -0.2) is 51.4 Å². The van der Waals surface area contributed by atoms with Crippen molar-refractivity contribution in [1.29, 1.82) is 0 Å². The van der Waals surface area contributed by atoms with Gasteiger partial charge >= 0.3 is 6.18 Å². The van der Waals surface area contributed by atoms with Gasteiger partial charge in [0.1, 0.15) is 0 Å². The summed E-state index contributed by atoms with van der Waals surface area (Å²) in [7, 11) is -4.00. The lowest BCUT2D eigenvalue weighted by atomic mass is 10.1. The van der Waals surface area contributed by atoms with Crippen molar-refractivity contribution in [2.75, 3.05) is 10.7 Å². The summed E-state index contributed by atoms with van der Waals surface area (Å²) in [5, 5.41) is 7.85. The average Bonchev–Trinajstić information content (AvgIpc) is 3.55. The summed E-state index contributed by atoms with van der Waals surface area (Å²) >= 11 is 0. The Balaban J connectivity index is 1.23. The molecule has 2 aromatic carbocycles. The van der Waals surface area contributed by atoms with Crippen LogP contribution in [-0.2, 0) is 27.4 Å². The van der Waals surface area contributed by atoms with Gasteiger partial charge in [0.2, 0.25) is 23.4 Å². The first-order valence-electron chi connectivity index (χ1n) is 13.7. The zero-order valence-corrected chi connectivity index (χ0v) is 23.9. The fourth-order valence-corrected chi connectivity index (χ4v) is 6.61. The van der Waals surface area contributed by atoms with E-state index in [0.29, 0.717) is 28.8 Å². The van der Waals surface area contributed by atoms with Crippen LogP contribution in [0.4, 0.5) is 18.9 Å². The third kappa shape index (κ3) is 5.46. The maximum absolute atomic E-state index is 13.5. The molecule has 1 saturated carbocycles. The molecule has 1 aliphatic heterocycles. The van der Waals surface area contributed by atoms with Gasteiger partial charge in [0.15, 0.2) is 15.5 Å². The van der Waals surface area contributed by atoms with Crippen molar-refractivity contribution in [2.45, 2.75) is 42.4 Å². The minimum Gasteiger partial charge on any atom is -0.339 e. The lowest BCUT2D eigenvalue weighted by Gasteiger charge is -2.24. The number of halogens is 3. The second kappa shape index (κ2) is 10.6. The Hall–Kier alpha value is -4.96. The number of carbonyl (C=O) groups excluding carboxylic acids is 1. The number of nitrogens with zero attached hydrogens (tertiary/aromatic N) is 6. The number of rotatable bonds is 6. The molecule has 0 radical (unpaired) electrons. The quantitative estimate of drug-likeness (QED) is 0.280. The van der Waals surface area contributed by atoms with Gasteiger partial charge in [0.05, 0.1) is 34.5 Å². The first-order chi connectivity index (χ1) is 21.5. The highest BCUT2D eigenvalue weighted by molar-refractivity contribution is 7.91. The zero-order valence-electron chi connectivity index (χ0n) is 23.1. The van der Waals surface area contributed by atoms with Gasteiger partial charge in [-0.15, -0.1) is 0 Å². The molecule has 0 bridgehead atoms. The van der Waals surface area contributed by atoms with Crippen molar-refractivity contribution in [3.05, 3.63) is 77.9 Å². The molecule has 0 saturated heterocycles. The number of alkyl halides is 3. The van der Waals surface area contributed by atoms with Gasteiger partial charge in [0.25, 0.3) is 5.89 Å². The second-order valence-electron chi connectivity index (χ2n) is 10.7. The van der Waals surface area contributed by atoms with Crippen LogP contribution >= 0.6 is 0 Å². The van der Waals surface area contributed by atoms with Crippen molar-refractivity contribution in [2.24, 2.45) is 5.73 Å². The Morgan fingerprint density at radius 2 is 1.67 bits per heavy atom. The molecule has 3 aromatic heterocycles. The van der Waals surface area contributed by atoms with Crippen molar-refractivity contribution in [3.8, 4) is 34.2 Å². The van der Waals surface area contributed by atoms with Gasteiger partial charge in [-0.25, -0.2) is 8.42 Å². The van der Waals surface area contributed by atoms with Crippen LogP contribution in [0.3, 0.4) is 0 Å². The molecule has 1 aliphatic carbocycles. The molecule has 12 nitrogen and oxygen atoms in total. The van der Waals surface area contributed by atoms with Gasteiger partial charge in [-0.05, 0) is 48.7 Å². The SMILES string of the molecule is N[C@H]1CS(=O)(=O)c2ccc(-c3noc(-c4cccnc4C(F)(F)F)n3)cc2N(Cc2ccc(-c3noc(C4CC4)n3)cc2)C1=O. The molecule has 1 fully saturated rings. The van der Waals surface area contributed by atoms with Crippen LogP contribution in [0.2, 0.25) is 0 Å². The van der Waals surface area contributed by atoms with Crippen LogP contribution < -0.4 is 10.6 Å². The molecule has 1 atom stereocenters. The van der Waals surface area contributed by atoms with Crippen LogP contribution in [0.15, 0.2) is 74.7 Å². The maximum atomic E-state index is 13.5. The fourth-order valence-electron chi connectivity index (χ4n) is 5.05. The summed E-state index contributed by atoms with van der Waals surface area (Å²) in [5.41, 5.74) is 5.99. The van der Waals surface area contributed by atoms with E-state index in [1.165, 1.54) is 29.2 Å². The van der Waals surface area contributed by atoms with E-state index in [1.54, 1.807) is 24.3 Å². The normalized spacial score (nSPS) is 18.1. The Morgan fingerprint density at radius 1 is 0.956 bits per heavy atom. The summed E-state index contributed by atoms with van der Waals surface area (Å²) < 4.78 is 77.5. The molecule has 45 heavy (non-hydrogen) atoms. The summed E-state index contributed by atoms with van der Waals surface area (Å²) in [4.78, 5) is 26.5. The van der Waals surface area contributed by atoms with Gasteiger partial charge in [-0.2, -0.15) is 23.1 Å². The first-order valence-corrected chi connectivity index (χ1v) is 15.4. The number of aromatic nitrogens is 5. The van der Waals surface area contributed by atoms with Gasteiger partial charge in [-0.3, -0.25) is 9.78 Å². The van der Waals surface area contributed by atoms with E-state index in [1.807, 2.05) is 0 Å². The third-order valence-corrected chi connectivity index (χ3v) is 9.29. The molecule has 1 amide bonds.